The van der Waals surface area contributed by atoms with Crippen LogP contribution in [0.5, 0.6) is 0 Å². The summed E-state index contributed by atoms with van der Waals surface area (Å²) in [7, 11) is 0. The number of carbonyl (C=O) groups is 1. The van der Waals surface area contributed by atoms with E-state index in [1.165, 1.54) is 0 Å². The van der Waals surface area contributed by atoms with Gasteiger partial charge in [0.05, 0.1) is 0 Å². The van der Waals surface area contributed by atoms with Crippen molar-refractivity contribution in [3.63, 3.8) is 0 Å². The van der Waals surface area contributed by atoms with Crippen molar-refractivity contribution < 1.29 is 9.21 Å². The summed E-state index contributed by atoms with van der Waals surface area (Å²) >= 11 is 5.98. The van der Waals surface area contributed by atoms with Gasteiger partial charge in [0, 0.05) is 23.7 Å². The molecule has 0 spiro atoms. The van der Waals surface area contributed by atoms with Gasteiger partial charge in [0.25, 0.3) is 5.91 Å². The largest absolute Gasteiger partial charge is 0.451 e. The molecular weight excluding hydrogens is 286 g/mol. The minimum Gasteiger partial charge on any atom is -0.451 e. The molecule has 0 N–H and O–H groups in total. The van der Waals surface area contributed by atoms with E-state index < -0.39 is 0 Å². The second-order valence-electron chi connectivity index (χ2n) is 5.65. The molecule has 1 aliphatic heterocycles. The molecule has 0 radical (unpaired) electrons. The Balaban J connectivity index is 1.77. The Labute approximate surface area is 129 Å². The van der Waals surface area contributed by atoms with Gasteiger partial charge in [-0.05, 0) is 43.0 Å². The lowest BCUT2D eigenvalue weighted by Gasteiger charge is -2.29. The number of piperidine rings is 1. The van der Waals surface area contributed by atoms with Gasteiger partial charge in [0.1, 0.15) is 5.76 Å². The van der Waals surface area contributed by atoms with Crippen molar-refractivity contribution in [1.29, 1.82) is 0 Å². The lowest BCUT2D eigenvalue weighted by Crippen LogP contribution is -2.37. The smallest absolute Gasteiger partial charge is 0.289 e. The maximum atomic E-state index is 12.4. The number of likely N-dealkylation sites (tertiary alicyclic amines) is 1. The van der Waals surface area contributed by atoms with Gasteiger partial charge in [-0.25, -0.2) is 0 Å². The van der Waals surface area contributed by atoms with Gasteiger partial charge in [-0.15, -0.1) is 0 Å². The second-order valence-corrected chi connectivity index (χ2v) is 6.09. The Kier molecular flexibility index (Phi) is 4.02. The van der Waals surface area contributed by atoms with E-state index in [1.54, 1.807) is 6.07 Å². The van der Waals surface area contributed by atoms with Crippen LogP contribution in [0.1, 0.15) is 30.3 Å². The molecule has 1 saturated heterocycles. The first-order valence-corrected chi connectivity index (χ1v) is 7.66. The van der Waals surface area contributed by atoms with E-state index >= 15 is 0 Å². The van der Waals surface area contributed by atoms with Gasteiger partial charge in [-0.2, -0.15) is 0 Å². The normalized spacial score (nSPS) is 16.2. The number of amides is 1. The molecule has 2 heterocycles. The average molecular weight is 304 g/mol. The predicted octanol–water partition coefficient (Wildman–Crippen LogP) is 4.47. The molecule has 1 aromatic carbocycles. The standard InChI is InChI=1S/C17H18ClNO2/c1-12-7-9-19(10-8-12)17(20)16-6-5-15(21-16)13-3-2-4-14(18)11-13/h2-6,11-12H,7-10H2,1H3. The van der Waals surface area contributed by atoms with Gasteiger partial charge >= 0.3 is 0 Å². The van der Waals surface area contributed by atoms with Crippen molar-refractivity contribution >= 4 is 17.5 Å². The number of nitrogens with zero attached hydrogens (tertiary/aromatic N) is 1. The molecule has 1 amide bonds. The number of halogens is 1. The second kappa shape index (κ2) is 5.94. The Morgan fingerprint density at radius 2 is 2.00 bits per heavy atom. The molecule has 1 aromatic heterocycles. The molecule has 3 rings (SSSR count). The fourth-order valence-corrected chi connectivity index (χ4v) is 2.81. The first-order chi connectivity index (χ1) is 10.1. The summed E-state index contributed by atoms with van der Waals surface area (Å²) in [5.74, 6) is 1.76. The molecule has 0 bridgehead atoms. The van der Waals surface area contributed by atoms with Gasteiger partial charge in [-0.3, -0.25) is 4.79 Å². The summed E-state index contributed by atoms with van der Waals surface area (Å²) in [6.07, 6.45) is 2.13. The third-order valence-electron chi connectivity index (χ3n) is 4.00. The fourth-order valence-electron chi connectivity index (χ4n) is 2.62. The van der Waals surface area contributed by atoms with E-state index in [9.17, 15) is 4.79 Å². The monoisotopic (exact) mass is 303 g/mol. The highest BCUT2D eigenvalue weighted by atomic mass is 35.5. The summed E-state index contributed by atoms with van der Waals surface area (Å²) in [5, 5.41) is 0.654. The maximum Gasteiger partial charge on any atom is 0.289 e. The number of hydrogen-bond donors (Lipinski definition) is 0. The summed E-state index contributed by atoms with van der Waals surface area (Å²) in [4.78, 5) is 14.3. The Morgan fingerprint density at radius 3 is 2.71 bits per heavy atom. The third kappa shape index (κ3) is 3.13. The van der Waals surface area contributed by atoms with Crippen molar-refractivity contribution in [2.45, 2.75) is 19.8 Å². The molecule has 0 aliphatic carbocycles. The number of hydrogen-bond acceptors (Lipinski definition) is 2. The number of rotatable bonds is 2. The molecule has 3 nitrogen and oxygen atoms in total. The SMILES string of the molecule is CC1CCN(C(=O)c2ccc(-c3cccc(Cl)c3)o2)CC1. The van der Waals surface area contributed by atoms with Crippen LogP contribution in [0.3, 0.4) is 0 Å². The lowest BCUT2D eigenvalue weighted by molar-refractivity contribution is 0.0666. The van der Waals surface area contributed by atoms with Crippen molar-refractivity contribution in [1.82, 2.24) is 4.90 Å². The molecule has 0 unspecified atom stereocenters. The maximum absolute atomic E-state index is 12.4. The van der Waals surface area contributed by atoms with Gasteiger partial charge in [-0.1, -0.05) is 30.7 Å². The van der Waals surface area contributed by atoms with Crippen LogP contribution >= 0.6 is 11.6 Å². The molecule has 1 aliphatic rings. The first-order valence-electron chi connectivity index (χ1n) is 7.28. The minimum absolute atomic E-state index is 0.0184. The number of carbonyl (C=O) groups excluding carboxylic acids is 1. The summed E-state index contributed by atoms with van der Waals surface area (Å²) in [6.45, 7) is 3.85. The molecule has 4 heteroatoms. The number of furan rings is 1. The zero-order chi connectivity index (χ0) is 14.8. The highest BCUT2D eigenvalue weighted by molar-refractivity contribution is 6.30. The lowest BCUT2D eigenvalue weighted by atomic mass is 9.99. The fraction of sp³-hybridized carbons (Fsp3) is 0.353. The molecule has 21 heavy (non-hydrogen) atoms. The third-order valence-corrected chi connectivity index (χ3v) is 4.23. The average Bonchev–Trinajstić information content (AvgIpc) is 2.97. The highest BCUT2D eigenvalue weighted by Gasteiger charge is 2.23. The van der Waals surface area contributed by atoms with Crippen molar-refractivity contribution in [2.24, 2.45) is 5.92 Å². The molecule has 0 saturated carbocycles. The van der Waals surface area contributed by atoms with Crippen LogP contribution in [0, 0.1) is 5.92 Å². The molecular formula is C17H18ClNO2. The summed E-state index contributed by atoms with van der Waals surface area (Å²) in [6, 6.07) is 11.0. The van der Waals surface area contributed by atoms with E-state index in [0.717, 1.165) is 31.5 Å². The quantitative estimate of drug-likeness (QED) is 0.820. The van der Waals surface area contributed by atoms with Crippen LogP contribution in [0.4, 0.5) is 0 Å². The first kappa shape index (κ1) is 14.2. The van der Waals surface area contributed by atoms with Crippen LogP contribution in [0.25, 0.3) is 11.3 Å². The van der Waals surface area contributed by atoms with Gasteiger partial charge in [0.2, 0.25) is 0 Å². The van der Waals surface area contributed by atoms with Crippen molar-refractivity contribution in [3.05, 3.63) is 47.2 Å². The molecule has 2 aromatic rings. The van der Waals surface area contributed by atoms with E-state index in [-0.39, 0.29) is 5.91 Å². The Morgan fingerprint density at radius 1 is 1.24 bits per heavy atom. The summed E-state index contributed by atoms with van der Waals surface area (Å²) < 4.78 is 5.72. The zero-order valence-corrected chi connectivity index (χ0v) is 12.8. The van der Waals surface area contributed by atoms with Crippen LogP contribution in [-0.4, -0.2) is 23.9 Å². The highest BCUT2D eigenvalue weighted by Crippen LogP contribution is 2.26. The minimum atomic E-state index is -0.0184. The van der Waals surface area contributed by atoms with E-state index in [1.807, 2.05) is 35.2 Å². The predicted molar refractivity (Wildman–Crippen MR) is 83.5 cm³/mol. The van der Waals surface area contributed by atoms with E-state index in [4.69, 9.17) is 16.0 Å². The molecule has 1 fully saturated rings. The zero-order valence-electron chi connectivity index (χ0n) is 12.0. The number of benzene rings is 1. The molecule has 110 valence electrons. The van der Waals surface area contributed by atoms with Crippen molar-refractivity contribution in [3.8, 4) is 11.3 Å². The van der Waals surface area contributed by atoms with Crippen LogP contribution in [0.15, 0.2) is 40.8 Å². The van der Waals surface area contributed by atoms with Gasteiger partial charge < -0.3 is 9.32 Å². The topological polar surface area (TPSA) is 33.5 Å². The Bertz CT molecular complexity index is 642. The van der Waals surface area contributed by atoms with Crippen LogP contribution in [-0.2, 0) is 0 Å². The van der Waals surface area contributed by atoms with E-state index in [0.29, 0.717) is 22.5 Å². The van der Waals surface area contributed by atoms with Crippen LogP contribution in [0.2, 0.25) is 5.02 Å². The van der Waals surface area contributed by atoms with Crippen molar-refractivity contribution in [2.75, 3.05) is 13.1 Å². The van der Waals surface area contributed by atoms with Gasteiger partial charge in [0.15, 0.2) is 5.76 Å². The van der Waals surface area contributed by atoms with E-state index in [2.05, 4.69) is 6.92 Å². The van der Waals surface area contributed by atoms with Crippen LogP contribution < -0.4 is 0 Å². The Hall–Kier alpha value is -1.74. The molecule has 0 atom stereocenters. The summed E-state index contributed by atoms with van der Waals surface area (Å²) in [5.41, 5.74) is 0.883.